The number of rotatable bonds is 3. The van der Waals surface area contributed by atoms with Crippen LogP contribution in [0.1, 0.15) is 10.4 Å². The predicted octanol–water partition coefficient (Wildman–Crippen LogP) is 1.94. The van der Waals surface area contributed by atoms with Crippen LogP contribution in [-0.4, -0.2) is 17.7 Å². The number of carbonyl (C=O) groups is 1. The molecule has 0 aromatic heterocycles. The van der Waals surface area contributed by atoms with Crippen molar-refractivity contribution < 1.29 is 14.6 Å². The van der Waals surface area contributed by atoms with E-state index in [0.29, 0.717) is 0 Å². The lowest BCUT2D eigenvalue weighted by molar-refractivity contribution is 0.0693. The minimum atomic E-state index is -1.18. The van der Waals surface area contributed by atoms with Gasteiger partial charge in [-0.05, 0) is 12.1 Å². The highest BCUT2D eigenvalue weighted by Crippen LogP contribution is 2.26. The normalized spacial score (nSPS) is 9.14. The third-order valence-corrected chi connectivity index (χ3v) is 1.80. The number of benzene rings is 1. The van der Waals surface area contributed by atoms with Gasteiger partial charge < -0.3 is 9.84 Å². The van der Waals surface area contributed by atoms with Crippen LogP contribution in [0.3, 0.4) is 0 Å². The van der Waals surface area contributed by atoms with Gasteiger partial charge in [0, 0.05) is 0 Å². The summed E-state index contributed by atoms with van der Waals surface area (Å²) in [7, 11) is 0. The fourth-order valence-corrected chi connectivity index (χ4v) is 1.19. The maximum atomic E-state index is 10.8. The van der Waals surface area contributed by atoms with Crippen LogP contribution in [0.25, 0.3) is 0 Å². The largest absolute Gasteiger partial charge is 0.478 e. The Labute approximate surface area is 85.3 Å². The average molecular weight is 212 g/mol. The van der Waals surface area contributed by atoms with E-state index in [1.165, 1.54) is 12.1 Å². The molecule has 1 rings (SSSR count). The number of halogens is 1. The van der Waals surface area contributed by atoms with Gasteiger partial charge in [-0.15, -0.1) is 0 Å². The Morgan fingerprint density at radius 2 is 2.36 bits per heavy atom. The molecule has 0 unspecified atom stereocenters. The Morgan fingerprint density at radius 3 is 2.93 bits per heavy atom. The van der Waals surface area contributed by atoms with E-state index in [2.05, 4.69) is 0 Å². The highest BCUT2D eigenvalue weighted by Gasteiger charge is 2.14. The van der Waals surface area contributed by atoms with Crippen molar-refractivity contribution in [1.82, 2.24) is 0 Å². The standard InChI is InChI=1S/C9H6ClNO3/c10-6-2-1-3-7(14-5-4-11)8(6)9(12)13/h1-3H,5H2,(H,12,13). The highest BCUT2D eigenvalue weighted by atomic mass is 35.5. The Kier molecular flexibility index (Phi) is 3.32. The molecule has 0 fully saturated rings. The van der Waals surface area contributed by atoms with Crippen LogP contribution in [-0.2, 0) is 0 Å². The van der Waals surface area contributed by atoms with E-state index in [-0.39, 0.29) is 22.9 Å². The summed E-state index contributed by atoms with van der Waals surface area (Å²) in [5, 5.41) is 17.2. The van der Waals surface area contributed by atoms with Crippen molar-refractivity contribution in [2.45, 2.75) is 0 Å². The minimum absolute atomic E-state index is 0.0907. The molecule has 0 bridgehead atoms. The molecule has 0 atom stereocenters. The molecular weight excluding hydrogens is 206 g/mol. The monoisotopic (exact) mass is 211 g/mol. The second kappa shape index (κ2) is 4.49. The number of nitrogens with zero attached hydrogens (tertiary/aromatic N) is 1. The van der Waals surface area contributed by atoms with E-state index in [9.17, 15) is 4.79 Å². The lowest BCUT2D eigenvalue weighted by Gasteiger charge is -2.06. The summed E-state index contributed by atoms with van der Waals surface area (Å²) < 4.78 is 4.90. The maximum Gasteiger partial charge on any atom is 0.341 e. The average Bonchev–Trinajstić information content (AvgIpc) is 2.14. The quantitative estimate of drug-likeness (QED) is 0.830. The summed E-state index contributed by atoms with van der Waals surface area (Å²) in [5.74, 6) is -1.07. The van der Waals surface area contributed by atoms with Crippen molar-refractivity contribution in [3.05, 3.63) is 28.8 Å². The van der Waals surface area contributed by atoms with E-state index in [1.807, 2.05) is 0 Å². The van der Waals surface area contributed by atoms with Crippen LogP contribution in [0, 0.1) is 11.3 Å². The molecule has 0 heterocycles. The van der Waals surface area contributed by atoms with Gasteiger partial charge in [-0.2, -0.15) is 5.26 Å². The molecule has 0 saturated heterocycles. The molecule has 1 aromatic carbocycles. The second-order valence-corrected chi connectivity index (χ2v) is 2.77. The molecule has 0 aliphatic heterocycles. The molecule has 14 heavy (non-hydrogen) atoms. The lowest BCUT2D eigenvalue weighted by Crippen LogP contribution is -2.03. The highest BCUT2D eigenvalue weighted by molar-refractivity contribution is 6.33. The number of nitriles is 1. The molecule has 1 N–H and O–H groups in total. The van der Waals surface area contributed by atoms with Gasteiger partial charge in [0.2, 0.25) is 0 Å². The van der Waals surface area contributed by atoms with Gasteiger partial charge in [0.05, 0.1) is 5.02 Å². The van der Waals surface area contributed by atoms with Crippen LogP contribution in [0.5, 0.6) is 5.75 Å². The third kappa shape index (κ3) is 2.15. The number of aromatic carboxylic acids is 1. The topological polar surface area (TPSA) is 70.3 Å². The smallest absolute Gasteiger partial charge is 0.341 e. The van der Waals surface area contributed by atoms with Gasteiger partial charge in [-0.1, -0.05) is 17.7 Å². The zero-order valence-electron chi connectivity index (χ0n) is 7.03. The molecular formula is C9H6ClNO3. The van der Waals surface area contributed by atoms with Gasteiger partial charge in [0.1, 0.15) is 17.4 Å². The molecule has 72 valence electrons. The molecule has 1 aromatic rings. The molecule has 0 spiro atoms. The first-order valence-corrected chi connectivity index (χ1v) is 4.06. The van der Waals surface area contributed by atoms with Crippen molar-refractivity contribution in [2.75, 3.05) is 6.61 Å². The van der Waals surface area contributed by atoms with Crippen LogP contribution in [0.2, 0.25) is 5.02 Å². The zero-order chi connectivity index (χ0) is 10.6. The molecule has 0 amide bonds. The van der Waals surface area contributed by atoms with E-state index < -0.39 is 5.97 Å². The maximum absolute atomic E-state index is 10.8. The zero-order valence-corrected chi connectivity index (χ0v) is 7.78. The SMILES string of the molecule is N#CCOc1cccc(Cl)c1C(=O)O. The van der Waals surface area contributed by atoms with Crippen molar-refractivity contribution in [3.8, 4) is 11.8 Å². The summed E-state index contributed by atoms with van der Waals surface area (Å²) >= 11 is 5.66. The van der Waals surface area contributed by atoms with E-state index >= 15 is 0 Å². The number of ether oxygens (including phenoxy) is 1. The summed E-state index contributed by atoms with van der Waals surface area (Å²) in [6, 6.07) is 6.20. The van der Waals surface area contributed by atoms with Crippen molar-refractivity contribution in [1.29, 1.82) is 5.26 Å². The Hall–Kier alpha value is -1.73. The predicted molar refractivity (Wildman–Crippen MR) is 49.5 cm³/mol. The summed E-state index contributed by atoms with van der Waals surface area (Å²) in [5.41, 5.74) is -0.121. The van der Waals surface area contributed by atoms with Crippen molar-refractivity contribution in [2.24, 2.45) is 0 Å². The molecule has 4 nitrogen and oxygen atoms in total. The summed E-state index contributed by atoms with van der Waals surface area (Å²) in [6.45, 7) is -0.208. The van der Waals surface area contributed by atoms with E-state index in [0.717, 1.165) is 0 Å². The Bertz CT molecular complexity index is 398. The van der Waals surface area contributed by atoms with E-state index in [1.54, 1.807) is 12.1 Å². The van der Waals surface area contributed by atoms with Crippen LogP contribution in [0.4, 0.5) is 0 Å². The van der Waals surface area contributed by atoms with Gasteiger partial charge in [0.15, 0.2) is 6.61 Å². The Morgan fingerprint density at radius 1 is 1.64 bits per heavy atom. The van der Waals surface area contributed by atoms with Gasteiger partial charge in [-0.25, -0.2) is 4.79 Å². The Balaban J connectivity index is 3.09. The molecule has 0 saturated carbocycles. The molecule has 0 aliphatic rings. The second-order valence-electron chi connectivity index (χ2n) is 2.36. The summed E-state index contributed by atoms with van der Waals surface area (Å²) in [6.07, 6.45) is 0. The van der Waals surface area contributed by atoms with Crippen LogP contribution in [0.15, 0.2) is 18.2 Å². The number of carboxylic acid groups (broad SMARTS) is 1. The number of hydrogen-bond acceptors (Lipinski definition) is 3. The van der Waals surface area contributed by atoms with Gasteiger partial charge >= 0.3 is 5.97 Å². The molecule has 5 heteroatoms. The number of hydrogen-bond donors (Lipinski definition) is 1. The summed E-state index contributed by atoms with van der Waals surface area (Å²) in [4.78, 5) is 10.8. The first-order chi connectivity index (χ1) is 6.66. The minimum Gasteiger partial charge on any atom is -0.478 e. The first-order valence-electron chi connectivity index (χ1n) is 3.68. The fourth-order valence-electron chi connectivity index (χ4n) is 0.942. The first kappa shape index (κ1) is 10.4. The molecule has 0 radical (unpaired) electrons. The van der Waals surface area contributed by atoms with Gasteiger partial charge in [0.25, 0.3) is 0 Å². The third-order valence-electron chi connectivity index (χ3n) is 1.48. The van der Waals surface area contributed by atoms with Gasteiger partial charge in [-0.3, -0.25) is 0 Å². The van der Waals surface area contributed by atoms with Crippen LogP contribution < -0.4 is 4.74 Å². The van der Waals surface area contributed by atoms with Crippen molar-refractivity contribution >= 4 is 17.6 Å². The lowest BCUT2D eigenvalue weighted by atomic mass is 10.2. The fraction of sp³-hybridized carbons (Fsp3) is 0.111. The van der Waals surface area contributed by atoms with E-state index in [4.69, 9.17) is 26.7 Å². The number of carboxylic acids is 1. The van der Waals surface area contributed by atoms with Crippen molar-refractivity contribution in [3.63, 3.8) is 0 Å². The molecule has 0 aliphatic carbocycles. The van der Waals surface area contributed by atoms with Crippen LogP contribution >= 0.6 is 11.6 Å².